The van der Waals surface area contributed by atoms with E-state index < -0.39 is 0 Å². The summed E-state index contributed by atoms with van der Waals surface area (Å²) in [6, 6.07) is 19.1. The van der Waals surface area contributed by atoms with Crippen molar-refractivity contribution in [3.8, 4) is 11.1 Å². The number of nitrogens with zero attached hydrogens (tertiary/aromatic N) is 1. The highest BCUT2D eigenvalue weighted by atomic mass is 15.1. The molecule has 0 amide bonds. The van der Waals surface area contributed by atoms with Crippen LogP contribution in [0.25, 0.3) is 11.1 Å². The Hall–Kier alpha value is -1.76. The van der Waals surface area contributed by atoms with Crippen LogP contribution in [-0.2, 0) is 0 Å². The van der Waals surface area contributed by atoms with Crippen LogP contribution in [0.4, 0.5) is 5.69 Å². The third-order valence-corrected chi connectivity index (χ3v) is 2.87. The molecule has 0 aliphatic rings. The van der Waals surface area contributed by atoms with Gasteiger partial charge in [0.2, 0.25) is 0 Å². The van der Waals surface area contributed by atoms with Crippen LogP contribution in [0.3, 0.4) is 0 Å². The van der Waals surface area contributed by atoms with Gasteiger partial charge in [0.15, 0.2) is 0 Å². The van der Waals surface area contributed by atoms with Gasteiger partial charge in [-0.25, -0.2) is 0 Å². The van der Waals surface area contributed by atoms with Gasteiger partial charge in [-0.3, -0.25) is 0 Å². The SMILES string of the molecule is CCN(C)c1cccc(-c2ccccc2)c1. The molecule has 82 valence electrons. The van der Waals surface area contributed by atoms with Gasteiger partial charge in [0.1, 0.15) is 0 Å². The van der Waals surface area contributed by atoms with Crippen LogP contribution in [0.5, 0.6) is 0 Å². The van der Waals surface area contributed by atoms with E-state index in [0.717, 1.165) is 6.54 Å². The summed E-state index contributed by atoms with van der Waals surface area (Å²) in [4.78, 5) is 2.24. The molecule has 16 heavy (non-hydrogen) atoms. The molecule has 0 N–H and O–H groups in total. The topological polar surface area (TPSA) is 3.24 Å². The molecule has 0 radical (unpaired) electrons. The number of rotatable bonds is 3. The summed E-state index contributed by atoms with van der Waals surface area (Å²) in [5, 5.41) is 0. The van der Waals surface area contributed by atoms with Crippen molar-refractivity contribution >= 4 is 5.69 Å². The smallest absolute Gasteiger partial charge is 0.0369 e. The normalized spacial score (nSPS) is 10.1. The standard InChI is InChI=1S/C15H17N/c1-3-16(2)15-11-7-10-14(12-15)13-8-5-4-6-9-13/h4-12H,3H2,1-2H3. The highest BCUT2D eigenvalue weighted by molar-refractivity contribution is 5.68. The van der Waals surface area contributed by atoms with Gasteiger partial charge < -0.3 is 4.90 Å². The van der Waals surface area contributed by atoms with Crippen molar-refractivity contribution in [1.82, 2.24) is 0 Å². The molecule has 1 heteroatoms. The Kier molecular flexibility index (Phi) is 3.25. The van der Waals surface area contributed by atoms with Crippen LogP contribution in [0.15, 0.2) is 54.6 Å². The van der Waals surface area contributed by atoms with Crippen molar-refractivity contribution in [3.05, 3.63) is 54.6 Å². The van der Waals surface area contributed by atoms with Crippen molar-refractivity contribution in [1.29, 1.82) is 0 Å². The van der Waals surface area contributed by atoms with Gasteiger partial charge in [-0.1, -0.05) is 42.5 Å². The lowest BCUT2D eigenvalue weighted by Gasteiger charge is -2.17. The summed E-state index contributed by atoms with van der Waals surface area (Å²) in [5.74, 6) is 0. The Morgan fingerprint density at radius 1 is 0.875 bits per heavy atom. The number of hydrogen-bond acceptors (Lipinski definition) is 1. The van der Waals surface area contributed by atoms with E-state index in [1.165, 1.54) is 16.8 Å². The molecule has 0 bridgehead atoms. The van der Waals surface area contributed by atoms with Crippen molar-refractivity contribution in [2.45, 2.75) is 6.92 Å². The number of anilines is 1. The molecule has 0 saturated carbocycles. The third-order valence-electron chi connectivity index (χ3n) is 2.87. The first-order valence-corrected chi connectivity index (χ1v) is 5.68. The largest absolute Gasteiger partial charge is 0.375 e. The molecule has 0 spiro atoms. The minimum atomic E-state index is 1.03. The Bertz CT molecular complexity index is 448. The monoisotopic (exact) mass is 211 g/mol. The maximum Gasteiger partial charge on any atom is 0.0369 e. The average Bonchev–Trinajstić information content (AvgIpc) is 2.39. The van der Waals surface area contributed by atoms with Gasteiger partial charge in [0.25, 0.3) is 0 Å². The van der Waals surface area contributed by atoms with Gasteiger partial charge in [0, 0.05) is 19.3 Å². The van der Waals surface area contributed by atoms with E-state index in [1.54, 1.807) is 0 Å². The molecule has 1 nitrogen and oxygen atoms in total. The zero-order valence-electron chi connectivity index (χ0n) is 9.85. The van der Waals surface area contributed by atoms with Gasteiger partial charge in [-0.15, -0.1) is 0 Å². The van der Waals surface area contributed by atoms with Crippen molar-refractivity contribution in [3.63, 3.8) is 0 Å². The van der Waals surface area contributed by atoms with Crippen LogP contribution < -0.4 is 4.90 Å². The van der Waals surface area contributed by atoms with E-state index >= 15 is 0 Å². The fraction of sp³-hybridized carbons (Fsp3) is 0.200. The zero-order valence-corrected chi connectivity index (χ0v) is 9.85. The molecular weight excluding hydrogens is 194 g/mol. The molecule has 0 saturated heterocycles. The number of benzene rings is 2. The summed E-state index contributed by atoms with van der Waals surface area (Å²) in [6.07, 6.45) is 0. The van der Waals surface area contributed by atoms with Crippen LogP contribution in [0.2, 0.25) is 0 Å². The summed E-state index contributed by atoms with van der Waals surface area (Å²) in [7, 11) is 2.12. The van der Waals surface area contributed by atoms with Crippen LogP contribution in [0.1, 0.15) is 6.92 Å². The average molecular weight is 211 g/mol. The second-order valence-electron chi connectivity index (χ2n) is 3.93. The Balaban J connectivity index is 2.36. The Labute approximate surface area is 97.3 Å². The molecule has 0 unspecified atom stereocenters. The van der Waals surface area contributed by atoms with Crippen LogP contribution in [0, 0.1) is 0 Å². The zero-order chi connectivity index (χ0) is 11.4. The highest BCUT2D eigenvalue weighted by Gasteiger charge is 2.00. The van der Waals surface area contributed by atoms with E-state index in [9.17, 15) is 0 Å². The first-order valence-electron chi connectivity index (χ1n) is 5.68. The minimum Gasteiger partial charge on any atom is -0.375 e. The maximum atomic E-state index is 2.24. The van der Waals surface area contributed by atoms with Gasteiger partial charge in [-0.2, -0.15) is 0 Å². The van der Waals surface area contributed by atoms with Crippen LogP contribution >= 0.6 is 0 Å². The van der Waals surface area contributed by atoms with Crippen molar-refractivity contribution < 1.29 is 0 Å². The van der Waals surface area contributed by atoms with Gasteiger partial charge in [-0.05, 0) is 30.2 Å². The van der Waals surface area contributed by atoms with E-state index in [-0.39, 0.29) is 0 Å². The van der Waals surface area contributed by atoms with Crippen molar-refractivity contribution in [2.24, 2.45) is 0 Å². The molecule has 0 heterocycles. The van der Waals surface area contributed by atoms with E-state index in [1.807, 2.05) is 6.07 Å². The van der Waals surface area contributed by atoms with E-state index in [2.05, 4.69) is 67.4 Å². The Morgan fingerprint density at radius 2 is 1.56 bits per heavy atom. The molecule has 2 aromatic rings. The molecular formula is C15H17N. The van der Waals surface area contributed by atoms with Gasteiger partial charge >= 0.3 is 0 Å². The second kappa shape index (κ2) is 4.84. The van der Waals surface area contributed by atoms with E-state index in [4.69, 9.17) is 0 Å². The second-order valence-corrected chi connectivity index (χ2v) is 3.93. The predicted octanol–water partition coefficient (Wildman–Crippen LogP) is 3.81. The van der Waals surface area contributed by atoms with Gasteiger partial charge in [0.05, 0.1) is 0 Å². The number of hydrogen-bond donors (Lipinski definition) is 0. The highest BCUT2D eigenvalue weighted by Crippen LogP contribution is 2.23. The fourth-order valence-corrected chi connectivity index (χ4v) is 1.74. The summed E-state index contributed by atoms with van der Waals surface area (Å²) >= 11 is 0. The first-order chi connectivity index (χ1) is 7.81. The molecule has 0 aliphatic heterocycles. The minimum absolute atomic E-state index is 1.03. The Morgan fingerprint density at radius 3 is 2.25 bits per heavy atom. The molecule has 0 aliphatic carbocycles. The summed E-state index contributed by atoms with van der Waals surface area (Å²) in [6.45, 7) is 3.19. The third kappa shape index (κ3) is 2.25. The lowest BCUT2D eigenvalue weighted by molar-refractivity contribution is 0.969. The summed E-state index contributed by atoms with van der Waals surface area (Å²) in [5.41, 5.74) is 3.82. The lowest BCUT2D eigenvalue weighted by Crippen LogP contribution is -2.15. The summed E-state index contributed by atoms with van der Waals surface area (Å²) < 4.78 is 0. The quantitative estimate of drug-likeness (QED) is 0.746. The predicted molar refractivity (Wildman–Crippen MR) is 70.8 cm³/mol. The molecule has 0 fully saturated rings. The maximum absolute atomic E-state index is 2.24. The van der Waals surface area contributed by atoms with Crippen LogP contribution in [-0.4, -0.2) is 13.6 Å². The van der Waals surface area contributed by atoms with Crippen molar-refractivity contribution in [2.75, 3.05) is 18.5 Å². The van der Waals surface area contributed by atoms with E-state index in [0.29, 0.717) is 0 Å². The fourth-order valence-electron chi connectivity index (χ4n) is 1.74. The first kappa shape index (κ1) is 10.7. The molecule has 0 aromatic heterocycles. The molecule has 0 atom stereocenters. The lowest BCUT2D eigenvalue weighted by atomic mass is 10.1. The molecule has 2 rings (SSSR count). The molecule has 2 aromatic carbocycles.